The fourth-order valence-electron chi connectivity index (χ4n) is 1.98. The molecule has 0 aliphatic carbocycles. The van der Waals surface area contributed by atoms with Gasteiger partial charge in [0.1, 0.15) is 0 Å². The summed E-state index contributed by atoms with van der Waals surface area (Å²) in [5, 5.41) is 8.81. The van der Waals surface area contributed by atoms with Crippen LogP contribution in [-0.4, -0.2) is 22.4 Å². The molecule has 0 fully saturated rings. The first-order valence-electron chi connectivity index (χ1n) is 7.48. The zero-order valence-electron chi connectivity index (χ0n) is 14.4. The number of rotatable bonds is 12. The van der Waals surface area contributed by atoms with E-state index >= 15 is 0 Å². The summed E-state index contributed by atoms with van der Waals surface area (Å²) >= 11 is 0. The van der Waals surface area contributed by atoms with E-state index in [0.717, 1.165) is 19.3 Å². The van der Waals surface area contributed by atoms with Crippen molar-refractivity contribution in [3.05, 3.63) is 0 Å². The van der Waals surface area contributed by atoms with Crippen molar-refractivity contribution < 1.29 is 67.5 Å². The second-order valence-corrected chi connectivity index (χ2v) is 5.51. The number of unbranched alkanes of at least 4 members (excludes halogenated alkanes) is 8. The molecule has 0 aromatic carbocycles. The molecule has 0 saturated carbocycles. The summed E-state index contributed by atoms with van der Waals surface area (Å²) in [4.78, 5) is 22.4. The third kappa shape index (κ3) is 10.5. The van der Waals surface area contributed by atoms with Crippen molar-refractivity contribution in [1.82, 2.24) is 0 Å². The van der Waals surface area contributed by atoms with Crippen LogP contribution in [0.4, 0.5) is 0 Å². The second-order valence-electron chi connectivity index (χ2n) is 5.51. The fourth-order valence-corrected chi connectivity index (χ4v) is 1.98. The van der Waals surface area contributed by atoms with Crippen LogP contribution in [0.5, 0.6) is 0 Å². The summed E-state index contributed by atoms with van der Waals surface area (Å²) in [6.07, 6.45) is 10.8. The molecule has 4 nitrogen and oxygen atoms in total. The molecule has 0 bridgehead atoms. The summed E-state index contributed by atoms with van der Waals surface area (Å²) in [5.41, 5.74) is 3.74. The van der Waals surface area contributed by atoms with Gasteiger partial charge in [-0.05, 0) is 13.3 Å². The summed E-state index contributed by atoms with van der Waals surface area (Å²) in [5.74, 6) is -1.61. The van der Waals surface area contributed by atoms with E-state index in [2.05, 4.69) is 6.92 Å². The van der Waals surface area contributed by atoms with Crippen LogP contribution in [0.1, 0.15) is 79.5 Å². The van der Waals surface area contributed by atoms with E-state index in [1.807, 2.05) is 0 Å². The number of ketones is 1. The summed E-state index contributed by atoms with van der Waals surface area (Å²) in [6, 6.07) is 0. The number of carbonyl (C=O) groups is 2. The van der Waals surface area contributed by atoms with Crippen molar-refractivity contribution in [2.24, 2.45) is 5.73 Å². The predicted octanol–water partition coefficient (Wildman–Crippen LogP) is 0.395. The predicted molar refractivity (Wildman–Crippen MR) is 78.2 cm³/mol. The molecule has 0 aromatic heterocycles. The van der Waals surface area contributed by atoms with Gasteiger partial charge >= 0.3 is 57.4 Å². The third-order valence-corrected chi connectivity index (χ3v) is 3.53. The van der Waals surface area contributed by atoms with Crippen molar-refractivity contribution >= 4 is 11.8 Å². The van der Waals surface area contributed by atoms with Crippen molar-refractivity contribution in [2.75, 3.05) is 0 Å². The second kappa shape index (κ2) is 13.4. The summed E-state index contributed by atoms with van der Waals surface area (Å²) < 4.78 is 0. The van der Waals surface area contributed by atoms with Crippen LogP contribution in [0.25, 0.3) is 0 Å². The van der Waals surface area contributed by atoms with Crippen LogP contribution >= 0.6 is 0 Å². The first-order valence-corrected chi connectivity index (χ1v) is 7.48. The quantitative estimate of drug-likeness (QED) is 0.310. The molecule has 0 heterocycles. The average Bonchev–Trinajstić information content (AvgIpc) is 2.36. The molecule has 3 N–H and O–H groups in total. The molecule has 0 radical (unpaired) electrons. The topological polar surface area (TPSA) is 80.4 Å². The summed E-state index contributed by atoms with van der Waals surface area (Å²) in [6.45, 7) is 3.48. The van der Waals surface area contributed by atoms with E-state index in [-0.39, 0.29) is 65.0 Å². The Bertz CT molecular complexity index is 286. The van der Waals surface area contributed by atoms with E-state index in [4.69, 9.17) is 10.8 Å². The molecule has 0 spiro atoms. The van der Waals surface area contributed by atoms with E-state index in [1.54, 1.807) is 0 Å². The molecule has 20 heavy (non-hydrogen) atoms. The van der Waals surface area contributed by atoms with Gasteiger partial charge in [-0.25, -0.2) is 4.79 Å². The Labute approximate surface area is 167 Å². The van der Waals surface area contributed by atoms with Crippen LogP contribution in [0, 0.1) is 0 Å². The molecule has 0 amide bonds. The number of Topliss-reactive ketones (excluding diaryl/α,β-unsaturated/α-hetero) is 1. The van der Waals surface area contributed by atoms with Crippen LogP contribution in [-0.2, 0) is 9.59 Å². The largest absolute Gasteiger partial charge is 1.00 e. The number of carboxylic acids is 1. The standard InChI is InChI=1S/C15H29NO3.K.H/c1-3-4-5-6-7-8-9-10-11-12-13(17)15(2,16)14(18)19;;/h3-12,16H2,1-2H3,(H,18,19);;/q;+1;-1. The van der Waals surface area contributed by atoms with Gasteiger partial charge in [0, 0.05) is 6.42 Å². The molecular weight excluding hydrogens is 281 g/mol. The Morgan fingerprint density at radius 1 is 1.00 bits per heavy atom. The molecule has 0 rings (SSSR count). The van der Waals surface area contributed by atoms with Gasteiger partial charge in [-0.1, -0.05) is 58.3 Å². The zero-order valence-corrected chi connectivity index (χ0v) is 16.5. The Hall–Kier alpha value is 0.736. The van der Waals surface area contributed by atoms with Gasteiger partial charge < -0.3 is 12.3 Å². The minimum absolute atomic E-state index is 0. The van der Waals surface area contributed by atoms with Gasteiger partial charge in [-0.15, -0.1) is 0 Å². The molecule has 1 atom stereocenters. The first-order chi connectivity index (χ1) is 8.92. The van der Waals surface area contributed by atoms with Gasteiger partial charge in [-0.2, -0.15) is 0 Å². The van der Waals surface area contributed by atoms with Gasteiger partial charge in [0.2, 0.25) is 0 Å². The molecule has 114 valence electrons. The van der Waals surface area contributed by atoms with Crippen molar-refractivity contribution in [3.8, 4) is 0 Å². The summed E-state index contributed by atoms with van der Waals surface area (Å²) in [7, 11) is 0. The normalized spacial score (nSPS) is 13.3. The monoisotopic (exact) mass is 311 g/mol. The Morgan fingerprint density at radius 3 is 1.80 bits per heavy atom. The van der Waals surface area contributed by atoms with Crippen molar-refractivity contribution in [3.63, 3.8) is 0 Å². The minimum Gasteiger partial charge on any atom is -1.00 e. The van der Waals surface area contributed by atoms with E-state index in [9.17, 15) is 9.59 Å². The number of carboxylic acid groups (broad SMARTS) is 1. The van der Waals surface area contributed by atoms with Gasteiger partial charge in [0.15, 0.2) is 11.3 Å². The molecule has 5 heteroatoms. The molecular formula is C15H30KNO3. The maximum atomic E-state index is 11.6. The van der Waals surface area contributed by atoms with Crippen LogP contribution in [0.2, 0.25) is 0 Å². The number of nitrogens with two attached hydrogens (primary N) is 1. The fraction of sp³-hybridized carbons (Fsp3) is 0.867. The minimum atomic E-state index is -1.72. The number of carbonyl (C=O) groups excluding carboxylic acids is 1. The smallest absolute Gasteiger partial charge is 1.00 e. The van der Waals surface area contributed by atoms with Crippen LogP contribution in [0.15, 0.2) is 0 Å². The maximum absolute atomic E-state index is 11.6. The number of hydrogen-bond donors (Lipinski definition) is 2. The SMILES string of the molecule is CCCCCCCCCCCC(=O)C(C)(N)C(=O)O.[H-].[K+]. The van der Waals surface area contributed by atoms with Crippen molar-refractivity contribution in [2.45, 2.75) is 83.6 Å². The molecule has 1 unspecified atom stereocenters. The third-order valence-electron chi connectivity index (χ3n) is 3.53. The van der Waals surface area contributed by atoms with E-state index < -0.39 is 11.5 Å². The zero-order chi connectivity index (χ0) is 14.7. The van der Waals surface area contributed by atoms with E-state index in [1.165, 1.54) is 45.4 Å². The molecule has 0 aromatic rings. The van der Waals surface area contributed by atoms with Gasteiger partial charge in [0.25, 0.3) is 0 Å². The Balaban J connectivity index is -0.00000162. The Morgan fingerprint density at radius 2 is 1.40 bits per heavy atom. The average molecular weight is 312 g/mol. The van der Waals surface area contributed by atoms with E-state index in [0.29, 0.717) is 0 Å². The molecule has 0 aliphatic heterocycles. The number of aliphatic carboxylic acids is 1. The van der Waals surface area contributed by atoms with Gasteiger partial charge in [-0.3, -0.25) is 4.79 Å². The van der Waals surface area contributed by atoms with Crippen LogP contribution < -0.4 is 57.1 Å². The van der Waals surface area contributed by atoms with Gasteiger partial charge in [0.05, 0.1) is 0 Å². The maximum Gasteiger partial charge on any atom is 1.00 e. The first kappa shape index (κ1) is 23.0. The van der Waals surface area contributed by atoms with Crippen molar-refractivity contribution in [1.29, 1.82) is 0 Å². The number of hydrogen-bond acceptors (Lipinski definition) is 3. The molecule has 0 aliphatic rings. The Kier molecular flexibility index (Phi) is 15.4. The molecule has 0 saturated heterocycles. The van der Waals surface area contributed by atoms with Crippen LogP contribution in [0.3, 0.4) is 0 Å².